The number of thiazole rings is 1. The van der Waals surface area contributed by atoms with Gasteiger partial charge < -0.3 is 9.84 Å². The molecule has 7 nitrogen and oxygen atoms in total. The van der Waals surface area contributed by atoms with Crippen LogP contribution in [0.25, 0.3) is 42.8 Å². The van der Waals surface area contributed by atoms with Crippen molar-refractivity contribution in [3.05, 3.63) is 70.4 Å². The van der Waals surface area contributed by atoms with E-state index in [0.717, 1.165) is 87.7 Å². The summed E-state index contributed by atoms with van der Waals surface area (Å²) in [7, 11) is 2.02. The van der Waals surface area contributed by atoms with Gasteiger partial charge in [-0.15, -0.1) is 11.3 Å². The second-order valence-corrected chi connectivity index (χ2v) is 12.7. The zero-order chi connectivity index (χ0) is 28.2. The Bertz CT molecular complexity index is 1780. The molecule has 0 atom stereocenters. The van der Waals surface area contributed by atoms with Crippen molar-refractivity contribution in [1.29, 1.82) is 0 Å². The molecule has 4 heterocycles. The van der Waals surface area contributed by atoms with E-state index in [1.165, 1.54) is 11.1 Å². The van der Waals surface area contributed by atoms with E-state index in [1.54, 1.807) is 11.3 Å². The predicted molar refractivity (Wildman–Crippen MR) is 164 cm³/mol. The maximum absolute atomic E-state index is 11.8. The van der Waals surface area contributed by atoms with Crippen LogP contribution < -0.4 is 0 Å². The van der Waals surface area contributed by atoms with Crippen molar-refractivity contribution in [3.8, 4) is 21.7 Å². The fourth-order valence-electron chi connectivity index (χ4n) is 6.36. The number of carboxylic acid groups (broad SMARTS) is 1. The first-order valence-electron chi connectivity index (χ1n) is 14.1. The number of likely N-dealkylation sites (tertiary alicyclic amines) is 1. The Morgan fingerprint density at radius 1 is 1.10 bits per heavy atom. The van der Waals surface area contributed by atoms with E-state index in [-0.39, 0.29) is 6.42 Å². The van der Waals surface area contributed by atoms with Gasteiger partial charge in [0.25, 0.3) is 0 Å². The van der Waals surface area contributed by atoms with Gasteiger partial charge in [0.05, 0.1) is 47.1 Å². The van der Waals surface area contributed by atoms with Crippen LogP contribution in [0.1, 0.15) is 35.6 Å². The summed E-state index contributed by atoms with van der Waals surface area (Å²) < 4.78 is 8.40. The topological polar surface area (TPSA) is 80.5 Å². The number of hydrogen-bond acceptors (Lipinski definition) is 6. The van der Waals surface area contributed by atoms with Gasteiger partial charge in [0.15, 0.2) is 0 Å². The van der Waals surface area contributed by atoms with Gasteiger partial charge in [-0.3, -0.25) is 14.4 Å². The molecule has 2 aliphatic heterocycles. The monoisotopic (exact) mass is 586 g/mol. The Kier molecular flexibility index (Phi) is 6.82. The van der Waals surface area contributed by atoms with Crippen LogP contribution in [0.2, 0.25) is 5.02 Å². The van der Waals surface area contributed by atoms with Gasteiger partial charge in [-0.25, -0.2) is 4.98 Å². The number of carbonyl (C=O) groups is 1. The first kappa shape index (κ1) is 26.6. The Hall–Kier alpha value is -3.30. The molecule has 210 valence electrons. The van der Waals surface area contributed by atoms with E-state index >= 15 is 0 Å². The fraction of sp³-hybridized carbons (Fsp3) is 0.344. The smallest absolute Gasteiger partial charge is 0.307 e. The first-order chi connectivity index (χ1) is 19.9. The van der Waals surface area contributed by atoms with Crippen molar-refractivity contribution in [2.24, 2.45) is 7.05 Å². The van der Waals surface area contributed by atoms with Crippen LogP contribution in [0, 0.1) is 6.92 Å². The highest BCUT2D eigenvalue weighted by Gasteiger charge is 2.31. The highest BCUT2D eigenvalue weighted by atomic mass is 35.5. The number of aliphatic carboxylic acids is 1. The molecule has 7 rings (SSSR count). The molecule has 0 amide bonds. The molecule has 2 aromatic heterocycles. The van der Waals surface area contributed by atoms with Gasteiger partial charge in [-0.05, 0) is 85.9 Å². The summed E-state index contributed by atoms with van der Waals surface area (Å²) in [5.74, 6) is -0.423. The Morgan fingerprint density at radius 2 is 1.83 bits per heavy atom. The van der Waals surface area contributed by atoms with Gasteiger partial charge in [-0.1, -0.05) is 23.7 Å². The lowest BCUT2D eigenvalue weighted by Crippen LogP contribution is -2.51. The summed E-state index contributed by atoms with van der Waals surface area (Å²) in [4.78, 5) is 19.5. The van der Waals surface area contributed by atoms with Crippen LogP contribution >= 0.6 is 22.9 Å². The summed E-state index contributed by atoms with van der Waals surface area (Å²) in [6.07, 6.45) is 2.15. The number of benzene rings is 3. The molecule has 5 aromatic rings. The van der Waals surface area contributed by atoms with E-state index in [9.17, 15) is 9.90 Å². The Morgan fingerprint density at radius 3 is 2.51 bits per heavy atom. The lowest BCUT2D eigenvalue weighted by atomic mass is 9.90. The third-order valence-electron chi connectivity index (χ3n) is 8.65. The van der Waals surface area contributed by atoms with Gasteiger partial charge >= 0.3 is 5.97 Å². The average Bonchev–Trinajstić information content (AvgIpc) is 3.49. The number of aryl methyl sites for hydroxylation is 2. The molecule has 0 radical (unpaired) electrons. The number of aromatic nitrogens is 3. The Balaban J connectivity index is 1.30. The molecule has 2 saturated heterocycles. The number of rotatable bonds is 6. The van der Waals surface area contributed by atoms with Crippen LogP contribution in [0.4, 0.5) is 0 Å². The molecule has 9 heteroatoms. The molecule has 0 spiro atoms. The van der Waals surface area contributed by atoms with Crippen molar-refractivity contribution in [2.45, 2.75) is 38.1 Å². The minimum atomic E-state index is -0.853. The van der Waals surface area contributed by atoms with E-state index < -0.39 is 5.97 Å². The van der Waals surface area contributed by atoms with E-state index in [4.69, 9.17) is 26.4 Å². The summed E-state index contributed by atoms with van der Waals surface area (Å²) in [6, 6.07) is 16.7. The second-order valence-electron chi connectivity index (χ2n) is 11.2. The number of halogens is 1. The van der Waals surface area contributed by atoms with Crippen LogP contribution in [0.5, 0.6) is 0 Å². The number of hydrogen-bond donors (Lipinski definition) is 1. The zero-order valence-electron chi connectivity index (χ0n) is 23.1. The number of nitrogens with zero attached hydrogens (tertiary/aromatic N) is 4. The standard InChI is InChI=1S/C32H31ClN4O3S/c1-18-13-26-31(29(24(18)15-28(38)39)19-3-6-22(33)7-4-19)41-32(34-26)21-5-8-27-25(14-21)30(35-36(27)2)20-9-11-37(12-10-20)23-16-40-17-23/h3-8,13-14,20,23H,9-12,15-17H2,1-2H3,(H,38,39). The SMILES string of the molecule is Cc1cc2nc(-c3ccc4c(c3)c(C3CCN(C5COC5)CC3)nn4C)sc2c(-c2ccc(Cl)cc2)c1CC(=O)O. The minimum Gasteiger partial charge on any atom is -0.481 e. The first-order valence-corrected chi connectivity index (χ1v) is 15.2. The summed E-state index contributed by atoms with van der Waals surface area (Å²) in [6.45, 7) is 5.85. The van der Waals surface area contributed by atoms with Gasteiger partial charge in [0.2, 0.25) is 0 Å². The lowest BCUT2D eigenvalue weighted by molar-refractivity contribution is -0.136. The highest BCUT2D eigenvalue weighted by molar-refractivity contribution is 7.22. The normalized spacial score (nSPS) is 17.0. The number of carboxylic acids is 1. The minimum absolute atomic E-state index is 0.0510. The molecule has 2 aliphatic rings. The third kappa shape index (κ3) is 4.83. The molecular formula is C32H31ClN4O3S. The molecule has 1 N–H and O–H groups in total. The number of ether oxygens (including phenoxy) is 1. The molecule has 41 heavy (non-hydrogen) atoms. The fourth-order valence-corrected chi connectivity index (χ4v) is 7.62. The summed E-state index contributed by atoms with van der Waals surface area (Å²) >= 11 is 7.80. The van der Waals surface area contributed by atoms with Crippen LogP contribution in [0.3, 0.4) is 0 Å². The molecular weight excluding hydrogens is 556 g/mol. The predicted octanol–water partition coefficient (Wildman–Crippen LogP) is 6.68. The zero-order valence-corrected chi connectivity index (χ0v) is 24.6. The molecule has 0 unspecified atom stereocenters. The Labute approximate surface area is 247 Å². The summed E-state index contributed by atoms with van der Waals surface area (Å²) in [5.41, 5.74) is 7.84. The van der Waals surface area contributed by atoms with E-state index in [2.05, 4.69) is 23.1 Å². The van der Waals surface area contributed by atoms with E-state index in [1.807, 2.05) is 49.0 Å². The van der Waals surface area contributed by atoms with Crippen LogP contribution in [-0.2, 0) is 23.0 Å². The van der Waals surface area contributed by atoms with Crippen molar-refractivity contribution in [2.75, 3.05) is 26.3 Å². The third-order valence-corrected chi connectivity index (χ3v) is 10.0. The van der Waals surface area contributed by atoms with Gasteiger partial charge in [-0.2, -0.15) is 5.10 Å². The van der Waals surface area contributed by atoms with Crippen molar-refractivity contribution >= 4 is 50.0 Å². The molecule has 2 fully saturated rings. The lowest BCUT2D eigenvalue weighted by Gasteiger charge is -2.41. The van der Waals surface area contributed by atoms with Crippen molar-refractivity contribution in [3.63, 3.8) is 0 Å². The van der Waals surface area contributed by atoms with Crippen molar-refractivity contribution in [1.82, 2.24) is 19.7 Å². The number of fused-ring (bicyclic) bond motifs is 2. The quantitative estimate of drug-likeness (QED) is 0.239. The maximum atomic E-state index is 11.8. The van der Waals surface area contributed by atoms with Gasteiger partial charge in [0, 0.05) is 34.5 Å². The number of piperidine rings is 1. The maximum Gasteiger partial charge on any atom is 0.307 e. The second kappa shape index (κ2) is 10.5. The summed E-state index contributed by atoms with van der Waals surface area (Å²) in [5, 5.41) is 17.5. The van der Waals surface area contributed by atoms with Crippen LogP contribution in [0.15, 0.2) is 48.5 Å². The largest absolute Gasteiger partial charge is 0.481 e. The molecule has 0 saturated carbocycles. The van der Waals surface area contributed by atoms with Gasteiger partial charge in [0.1, 0.15) is 5.01 Å². The molecule has 0 aliphatic carbocycles. The molecule has 0 bridgehead atoms. The van der Waals surface area contributed by atoms with Crippen LogP contribution in [-0.4, -0.2) is 63.1 Å². The molecule has 3 aromatic carbocycles. The van der Waals surface area contributed by atoms with E-state index in [0.29, 0.717) is 17.0 Å². The highest BCUT2D eigenvalue weighted by Crippen LogP contribution is 2.42. The average molecular weight is 587 g/mol. The van der Waals surface area contributed by atoms with Crippen molar-refractivity contribution < 1.29 is 14.6 Å².